The molecule has 0 bridgehead atoms. The third-order valence-electron chi connectivity index (χ3n) is 4.27. The van der Waals surface area contributed by atoms with Crippen LogP contribution in [0.15, 0.2) is 36.8 Å². The van der Waals surface area contributed by atoms with Crippen LogP contribution in [0.4, 0.5) is 0 Å². The molecule has 1 fully saturated rings. The fraction of sp³-hybridized carbons (Fsp3) is 0.471. The molecular weight excluding hydrogens is 292 g/mol. The molecule has 3 heterocycles. The quantitative estimate of drug-likeness (QED) is 0.887. The Kier molecular flexibility index (Phi) is 5.02. The smallest absolute Gasteiger partial charge is 0.305 e. The zero-order valence-electron chi connectivity index (χ0n) is 13.1. The van der Waals surface area contributed by atoms with Crippen molar-refractivity contribution in [1.82, 2.24) is 19.7 Å². The first-order valence-corrected chi connectivity index (χ1v) is 8.10. The number of aryl methyl sites for hydroxylation is 1. The average molecular weight is 314 g/mol. The molecule has 0 aliphatic carbocycles. The van der Waals surface area contributed by atoms with E-state index in [1.165, 1.54) is 12.8 Å². The second-order valence-corrected chi connectivity index (χ2v) is 5.99. The number of pyridine rings is 1. The summed E-state index contributed by atoms with van der Waals surface area (Å²) in [4.78, 5) is 17.6. The van der Waals surface area contributed by atoms with Gasteiger partial charge in [-0.05, 0) is 31.5 Å². The van der Waals surface area contributed by atoms with E-state index in [4.69, 9.17) is 5.11 Å². The van der Waals surface area contributed by atoms with E-state index in [0.717, 1.165) is 30.8 Å². The van der Waals surface area contributed by atoms with Gasteiger partial charge in [0.05, 0.1) is 30.9 Å². The van der Waals surface area contributed by atoms with Crippen LogP contribution in [0.3, 0.4) is 0 Å². The van der Waals surface area contributed by atoms with E-state index in [0.29, 0.717) is 12.6 Å². The molecule has 23 heavy (non-hydrogen) atoms. The highest BCUT2D eigenvalue weighted by molar-refractivity contribution is 5.66. The highest BCUT2D eigenvalue weighted by Gasteiger charge is 2.25. The molecule has 122 valence electrons. The SMILES string of the molecule is O=C(O)CCn1cc(CN2CCCC[C@@H]2c2ccccn2)cn1. The van der Waals surface area contributed by atoms with Gasteiger partial charge in [-0.15, -0.1) is 0 Å². The van der Waals surface area contributed by atoms with Gasteiger partial charge in [0.2, 0.25) is 0 Å². The first kappa shape index (κ1) is 15.7. The van der Waals surface area contributed by atoms with E-state index in [1.807, 2.05) is 30.7 Å². The van der Waals surface area contributed by atoms with Crippen molar-refractivity contribution in [3.8, 4) is 0 Å². The van der Waals surface area contributed by atoms with Crippen LogP contribution in [0.25, 0.3) is 0 Å². The number of aliphatic carboxylic acids is 1. The number of carboxylic acids is 1. The third kappa shape index (κ3) is 4.16. The molecule has 1 aliphatic heterocycles. The lowest BCUT2D eigenvalue weighted by Gasteiger charge is -2.35. The van der Waals surface area contributed by atoms with Gasteiger partial charge in [0.1, 0.15) is 0 Å². The summed E-state index contributed by atoms with van der Waals surface area (Å²) in [5.41, 5.74) is 2.25. The predicted molar refractivity (Wildman–Crippen MR) is 85.7 cm³/mol. The van der Waals surface area contributed by atoms with Gasteiger partial charge in [-0.1, -0.05) is 12.5 Å². The van der Waals surface area contributed by atoms with Crippen molar-refractivity contribution in [2.24, 2.45) is 0 Å². The summed E-state index contributed by atoms with van der Waals surface area (Å²) in [6.07, 6.45) is 9.31. The summed E-state index contributed by atoms with van der Waals surface area (Å²) in [6.45, 7) is 2.30. The van der Waals surface area contributed by atoms with Crippen molar-refractivity contribution in [3.05, 3.63) is 48.0 Å². The molecule has 6 heteroatoms. The lowest BCUT2D eigenvalue weighted by molar-refractivity contribution is -0.137. The zero-order valence-corrected chi connectivity index (χ0v) is 13.1. The molecule has 1 aliphatic rings. The monoisotopic (exact) mass is 314 g/mol. The second-order valence-electron chi connectivity index (χ2n) is 5.99. The number of carbonyl (C=O) groups is 1. The Bertz CT molecular complexity index is 641. The minimum absolute atomic E-state index is 0.0986. The van der Waals surface area contributed by atoms with Crippen molar-refractivity contribution in [2.45, 2.75) is 44.8 Å². The highest BCUT2D eigenvalue weighted by Crippen LogP contribution is 2.30. The third-order valence-corrected chi connectivity index (χ3v) is 4.27. The maximum absolute atomic E-state index is 10.6. The Morgan fingerprint density at radius 2 is 2.26 bits per heavy atom. The topological polar surface area (TPSA) is 71.2 Å². The van der Waals surface area contributed by atoms with Crippen LogP contribution in [-0.2, 0) is 17.9 Å². The Morgan fingerprint density at radius 3 is 3.04 bits per heavy atom. The standard InChI is InChI=1S/C17H22N4O2/c22-17(23)7-10-21-13-14(11-19-21)12-20-9-4-2-6-16(20)15-5-1-3-8-18-15/h1,3,5,8,11,13,16H,2,4,6-7,9-10,12H2,(H,22,23)/t16-/m1/s1. The Labute approximate surface area is 135 Å². The highest BCUT2D eigenvalue weighted by atomic mass is 16.4. The second kappa shape index (κ2) is 7.37. The number of likely N-dealkylation sites (tertiary alicyclic amines) is 1. The van der Waals surface area contributed by atoms with Crippen molar-refractivity contribution in [2.75, 3.05) is 6.54 Å². The molecule has 0 aromatic carbocycles. The van der Waals surface area contributed by atoms with Crippen LogP contribution in [-0.4, -0.2) is 37.3 Å². The molecule has 6 nitrogen and oxygen atoms in total. The zero-order chi connectivity index (χ0) is 16.1. The van der Waals surface area contributed by atoms with Crippen molar-refractivity contribution in [1.29, 1.82) is 0 Å². The maximum Gasteiger partial charge on any atom is 0.305 e. The molecule has 2 aromatic rings. The van der Waals surface area contributed by atoms with Gasteiger partial charge >= 0.3 is 5.97 Å². The molecule has 0 spiro atoms. The van der Waals surface area contributed by atoms with Crippen LogP contribution < -0.4 is 0 Å². The Morgan fingerprint density at radius 1 is 1.35 bits per heavy atom. The predicted octanol–water partition coefficient (Wildman–Crippen LogP) is 2.48. The minimum atomic E-state index is -0.798. The van der Waals surface area contributed by atoms with Gasteiger partial charge in [-0.3, -0.25) is 19.4 Å². The number of carboxylic acid groups (broad SMARTS) is 1. The normalized spacial score (nSPS) is 18.9. The van der Waals surface area contributed by atoms with E-state index in [9.17, 15) is 4.79 Å². The van der Waals surface area contributed by atoms with E-state index in [-0.39, 0.29) is 6.42 Å². The first-order chi connectivity index (χ1) is 11.2. The van der Waals surface area contributed by atoms with E-state index in [2.05, 4.69) is 21.0 Å². The van der Waals surface area contributed by atoms with Crippen LogP contribution in [0.2, 0.25) is 0 Å². The number of nitrogens with zero attached hydrogens (tertiary/aromatic N) is 4. The average Bonchev–Trinajstić information content (AvgIpc) is 3.02. The molecule has 1 N–H and O–H groups in total. The molecular formula is C17H22N4O2. The molecule has 0 amide bonds. The van der Waals surface area contributed by atoms with E-state index < -0.39 is 5.97 Å². The Hall–Kier alpha value is -2.21. The van der Waals surface area contributed by atoms with E-state index >= 15 is 0 Å². The largest absolute Gasteiger partial charge is 0.481 e. The number of aromatic nitrogens is 3. The van der Waals surface area contributed by atoms with Crippen molar-refractivity contribution in [3.63, 3.8) is 0 Å². The van der Waals surface area contributed by atoms with Crippen molar-refractivity contribution >= 4 is 5.97 Å². The Balaban J connectivity index is 1.66. The molecule has 0 radical (unpaired) electrons. The molecule has 1 saturated heterocycles. The fourth-order valence-electron chi connectivity index (χ4n) is 3.14. The molecule has 1 atom stereocenters. The first-order valence-electron chi connectivity index (χ1n) is 8.10. The molecule has 2 aromatic heterocycles. The van der Waals surface area contributed by atoms with Crippen molar-refractivity contribution < 1.29 is 9.90 Å². The maximum atomic E-state index is 10.6. The van der Waals surface area contributed by atoms with Gasteiger partial charge in [0.15, 0.2) is 0 Å². The number of hydrogen-bond acceptors (Lipinski definition) is 4. The van der Waals surface area contributed by atoms with Crippen LogP contribution >= 0.6 is 0 Å². The van der Waals surface area contributed by atoms with Crippen LogP contribution in [0, 0.1) is 0 Å². The molecule has 3 rings (SSSR count). The summed E-state index contributed by atoms with van der Waals surface area (Å²) in [7, 11) is 0. The number of hydrogen-bond donors (Lipinski definition) is 1. The van der Waals surface area contributed by atoms with Gasteiger partial charge in [0.25, 0.3) is 0 Å². The minimum Gasteiger partial charge on any atom is -0.481 e. The number of piperidine rings is 1. The lowest BCUT2D eigenvalue weighted by Crippen LogP contribution is -2.33. The van der Waals surface area contributed by atoms with Gasteiger partial charge in [-0.2, -0.15) is 5.10 Å². The molecule has 0 saturated carbocycles. The summed E-state index contributed by atoms with van der Waals surface area (Å²) in [5.74, 6) is -0.798. The molecule has 0 unspecified atom stereocenters. The van der Waals surface area contributed by atoms with Gasteiger partial charge in [-0.25, -0.2) is 0 Å². The summed E-state index contributed by atoms with van der Waals surface area (Å²) in [5, 5.41) is 13.0. The number of rotatable bonds is 6. The van der Waals surface area contributed by atoms with Crippen LogP contribution in [0.5, 0.6) is 0 Å². The summed E-state index contributed by atoms with van der Waals surface area (Å²) >= 11 is 0. The van der Waals surface area contributed by atoms with Gasteiger partial charge < -0.3 is 5.11 Å². The van der Waals surface area contributed by atoms with E-state index in [1.54, 1.807) is 4.68 Å². The van der Waals surface area contributed by atoms with Gasteiger partial charge in [0, 0.05) is 24.5 Å². The van der Waals surface area contributed by atoms with Crippen LogP contribution in [0.1, 0.15) is 43.0 Å². The lowest BCUT2D eigenvalue weighted by atomic mass is 9.98. The fourth-order valence-corrected chi connectivity index (χ4v) is 3.14. The summed E-state index contributed by atoms with van der Waals surface area (Å²) < 4.78 is 1.71. The summed E-state index contributed by atoms with van der Waals surface area (Å²) in [6, 6.07) is 6.44.